The Bertz CT molecular complexity index is 451. The summed E-state index contributed by atoms with van der Waals surface area (Å²) in [6, 6.07) is 2.60. The summed E-state index contributed by atoms with van der Waals surface area (Å²) in [5.41, 5.74) is 6.71. The largest absolute Gasteiger partial charge is 0.396 e. The number of rotatable bonds is 2. The molecule has 0 spiro atoms. The van der Waals surface area contributed by atoms with E-state index in [1.54, 1.807) is 12.3 Å². The van der Waals surface area contributed by atoms with E-state index in [0.717, 1.165) is 38.0 Å². The Morgan fingerprint density at radius 3 is 2.45 bits per heavy atom. The normalized spacial score (nSPS) is 22.1. The standard InChI is InChI=1S/C15H23ClN4/c16-12-10-14(17)15(18-11-12)20-8-6-19(7-9-20)13-4-2-1-3-5-13/h10-11,13H,1-9,17H2. The highest BCUT2D eigenvalue weighted by Gasteiger charge is 2.26. The first-order chi connectivity index (χ1) is 9.74. The lowest BCUT2D eigenvalue weighted by Crippen LogP contribution is -2.51. The fourth-order valence-electron chi connectivity index (χ4n) is 3.46. The zero-order valence-corrected chi connectivity index (χ0v) is 12.6. The molecule has 1 aliphatic carbocycles. The van der Waals surface area contributed by atoms with Crippen LogP contribution >= 0.6 is 11.6 Å². The monoisotopic (exact) mass is 294 g/mol. The van der Waals surface area contributed by atoms with E-state index in [0.29, 0.717) is 10.7 Å². The summed E-state index contributed by atoms with van der Waals surface area (Å²) in [5.74, 6) is 0.887. The maximum Gasteiger partial charge on any atom is 0.151 e. The third kappa shape index (κ3) is 3.01. The smallest absolute Gasteiger partial charge is 0.151 e. The number of nitrogen functional groups attached to an aromatic ring is 1. The Labute approximate surface area is 125 Å². The van der Waals surface area contributed by atoms with Gasteiger partial charge in [-0.3, -0.25) is 4.90 Å². The molecule has 4 nitrogen and oxygen atoms in total. The second-order valence-corrected chi connectivity index (χ2v) is 6.32. The van der Waals surface area contributed by atoms with Gasteiger partial charge in [0.25, 0.3) is 0 Å². The summed E-state index contributed by atoms with van der Waals surface area (Å²) in [5, 5.41) is 0.604. The van der Waals surface area contributed by atoms with Crippen LogP contribution in [0.1, 0.15) is 32.1 Å². The van der Waals surface area contributed by atoms with Crippen molar-refractivity contribution in [3.8, 4) is 0 Å². The molecule has 1 aromatic heterocycles. The average Bonchev–Trinajstić information content (AvgIpc) is 2.48. The molecule has 2 N–H and O–H groups in total. The molecule has 0 radical (unpaired) electrons. The zero-order valence-electron chi connectivity index (χ0n) is 11.9. The molecule has 1 saturated heterocycles. The van der Waals surface area contributed by atoms with Gasteiger partial charge < -0.3 is 10.6 Å². The van der Waals surface area contributed by atoms with Crippen LogP contribution in [0.3, 0.4) is 0 Å². The molecule has 0 amide bonds. The zero-order chi connectivity index (χ0) is 13.9. The lowest BCUT2D eigenvalue weighted by molar-refractivity contribution is 0.148. The number of hydrogen-bond donors (Lipinski definition) is 1. The van der Waals surface area contributed by atoms with E-state index in [2.05, 4.69) is 14.8 Å². The van der Waals surface area contributed by atoms with Gasteiger partial charge >= 0.3 is 0 Å². The van der Waals surface area contributed by atoms with E-state index < -0.39 is 0 Å². The van der Waals surface area contributed by atoms with Crippen molar-refractivity contribution in [2.45, 2.75) is 38.1 Å². The Morgan fingerprint density at radius 1 is 1.10 bits per heavy atom. The Hall–Kier alpha value is -1.00. The maximum atomic E-state index is 6.03. The number of aromatic nitrogens is 1. The number of nitrogens with zero attached hydrogens (tertiary/aromatic N) is 3. The third-order valence-electron chi connectivity index (χ3n) is 4.57. The summed E-state index contributed by atoms with van der Waals surface area (Å²) in [4.78, 5) is 9.33. The lowest BCUT2D eigenvalue weighted by Gasteiger charge is -2.41. The fraction of sp³-hybridized carbons (Fsp3) is 0.667. The molecule has 1 saturated carbocycles. The first kappa shape index (κ1) is 14.0. The van der Waals surface area contributed by atoms with Crippen LogP contribution in [0, 0.1) is 0 Å². The van der Waals surface area contributed by atoms with E-state index in [9.17, 15) is 0 Å². The van der Waals surface area contributed by atoms with Crippen LogP contribution in [-0.4, -0.2) is 42.1 Å². The molecule has 0 unspecified atom stereocenters. The molecular formula is C15H23ClN4. The predicted octanol–water partition coefficient (Wildman–Crippen LogP) is 2.77. The van der Waals surface area contributed by atoms with E-state index in [1.165, 1.54) is 32.1 Å². The second kappa shape index (κ2) is 6.19. The van der Waals surface area contributed by atoms with E-state index >= 15 is 0 Å². The highest BCUT2D eigenvalue weighted by molar-refractivity contribution is 6.30. The first-order valence-corrected chi connectivity index (χ1v) is 8.02. The van der Waals surface area contributed by atoms with Gasteiger partial charge in [-0.1, -0.05) is 30.9 Å². The van der Waals surface area contributed by atoms with Crippen LogP contribution in [0.5, 0.6) is 0 Å². The van der Waals surface area contributed by atoms with Gasteiger partial charge in [0.15, 0.2) is 5.82 Å². The molecule has 20 heavy (non-hydrogen) atoms. The summed E-state index contributed by atoms with van der Waals surface area (Å²) >= 11 is 5.91. The highest BCUT2D eigenvalue weighted by Crippen LogP contribution is 2.27. The van der Waals surface area contributed by atoms with Crippen LogP contribution in [-0.2, 0) is 0 Å². The van der Waals surface area contributed by atoms with Crippen LogP contribution in [0.4, 0.5) is 11.5 Å². The van der Waals surface area contributed by atoms with Crippen molar-refractivity contribution < 1.29 is 0 Å². The van der Waals surface area contributed by atoms with Crippen LogP contribution < -0.4 is 10.6 Å². The SMILES string of the molecule is Nc1cc(Cl)cnc1N1CCN(C2CCCCC2)CC1. The molecule has 2 fully saturated rings. The average molecular weight is 295 g/mol. The van der Waals surface area contributed by atoms with Crippen LogP contribution in [0.2, 0.25) is 5.02 Å². The molecule has 110 valence electrons. The molecule has 3 rings (SSSR count). The molecule has 1 aromatic rings. The summed E-state index contributed by atoms with van der Waals surface area (Å²) in [6.45, 7) is 4.26. The van der Waals surface area contributed by atoms with Gasteiger partial charge in [0, 0.05) is 38.4 Å². The van der Waals surface area contributed by atoms with E-state index in [1.807, 2.05) is 0 Å². The van der Waals surface area contributed by atoms with Gasteiger partial charge in [-0.15, -0.1) is 0 Å². The molecule has 0 bridgehead atoms. The van der Waals surface area contributed by atoms with Crippen molar-refractivity contribution in [1.82, 2.24) is 9.88 Å². The van der Waals surface area contributed by atoms with Crippen LogP contribution in [0.25, 0.3) is 0 Å². The van der Waals surface area contributed by atoms with E-state index in [4.69, 9.17) is 17.3 Å². The minimum atomic E-state index is 0.604. The van der Waals surface area contributed by atoms with Crippen molar-refractivity contribution in [1.29, 1.82) is 0 Å². The number of hydrogen-bond acceptors (Lipinski definition) is 4. The molecule has 0 atom stereocenters. The Morgan fingerprint density at radius 2 is 1.80 bits per heavy atom. The topological polar surface area (TPSA) is 45.4 Å². The molecule has 5 heteroatoms. The van der Waals surface area contributed by atoms with Crippen molar-refractivity contribution in [3.05, 3.63) is 17.3 Å². The summed E-state index contributed by atoms with van der Waals surface area (Å²) < 4.78 is 0. The number of nitrogens with two attached hydrogens (primary N) is 1. The first-order valence-electron chi connectivity index (χ1n) is 7.64. The number of pyridine rings is 1. The van der Waals surface area contributed by atoms with Gasteiger partial charge in [0.05, 0.1) is 10.7 Å². The van der Waals surface area contributed by atoms with Gasteiger partial charge in [-0.2, -0.15) is 0 Å². The van der Waals surface area contributed by atoms with Gasteiger partial charge in [-0.05, 0) is 18.9 Å². The number of piperazine rings is 1. The molecular weight excluding hydrogens is 272 g/mol. The molecule has 0 aromatic carbocycles. The fourth-order valence-corrected chi connectivity index (χ4v) is 3.62. The quantitative estimate of drug-likeness (QED) is 0.911. The van der Waals surface area contributed by atoms with Crippen molar-refractivity contribution in [3.63, 3.8) is 0 Å². The minimum absolute atomic E-state index is 0.604. The lowest BCUT2D eigenvalue weighted by atomic mass is 9.94. The molecule has 2 aliphatic rings. The minimum Gasteiger partial charge on any atom is -0.396 e. The maximum absolute atomic E-state index is 6.03. The molecule has 2 heterocycles. The third-order valence-corrected chi connectivity index (χ3v) is 4.77. The summed E-state index contributed by atoms with van der Waals surface area (Å²) in [6.07, 6.45) is 8.65. The van der Waals surface area contributed by atoms with E-state index in [-0.39, 0.29) is 0 Å². The van der Waals surface area contributed by atoms with Crippen LogP contribution in [0.15, 0.2) is 12.3 Å². The van der Waals surface area contributed by atoms with Crippen molar-refractivity contribution in [2.75, 3.05) is 36.8 Å². The van der Waals surface area contributed by atoms with Crippen molar-refractivity contribution in [2.24, 2.45) is 0 Å². The van der Waals surface area contributed by atoms with Gasteiger partial charge in [0.2, 0.25) is 0 Å². The second-order valence-electron chi connectivity index (χ2n) is 5.88. The predicted molar refractivity (Wildman–Crippen MR) is 84.3 cm³/mol. The molecule has 1 aliphatic heterocycles. The van der Waals surface area contributed by atoms with Gasteiger partial charge in [0.1, 0.15) is 0 Å². The summed E-state index contributed by atoms with van der Waals surface area (Å²) in [7, 11) is 0. The van der Waals surface area contributed by atoms with Gasteiger partial charge in [-0.25, -0.2) is 4.98 Å². The number of anilines is 2. The van der Waals surface area contributed by atoms with Crippen molar-refractivity contribution >= 4 is 23.1 Å². The Kier molecular flexibility index (Phi) is 4.32. The Balaban J connectivity index is 1.60. The number of halogens is 1. The highest BCUT2D eigenvalue weighted by atomic mass is 35.5.